The molecule has 2 N–H and O–H groups in total. The Morgan fingerprint density at radius 1 is 0.829 bits per heavy atom. The number of thioether (sulfide) groups is 2. The van der Waals surface area contributed by atoms with E-state index in [0.717, 1.165) is 34.5 Å². The van der Waals surface area contributed by atoms with Crippen LogP contribution in [0.2, 0.25) is 0 Å². The summed E-state index contributed by atoms with van der Waals surface area (Å²) < 4.78 is 0. The lowest BCUT2D eigenvalue weighted by molar-refractivity contribution is -0.139. The number of nitrogens with one attached hydrogen (secondary N) is 1. The SMILES string of the molecule is CSCCC(NC(=O)c1ccc(CN(Cc2ccccc2)c2cccc(SC)c2)cc1-c1ccccc1C)C(=O)O. The van der Waals surface area contributed by atoms with Crippen LogP contribution in [0.1, 0.15) is 33.5 Å². The number of aliphatic carboxylic acids is 1. The Morgan fingerprint density at radius 2 is 1.56 bits per heavy atom. The molecule has 0 aromatic heterocycles. The van der Waals surface area contributed by atoms with Gasteiger partial charge < -0.3 is 15.3 Å². The van der Waals surface area contributed by atoms with E-state index in [1.807, 2.05) is 55.6 Å². The first-order valence-electron chi connectivity index (χ1n) is 13.5. The predicted molar refractivity (Wildman–Crippen MR) is 173 cm³/mol. The van der Waals surface area contributed by atoms with Crippen LogP contribution < -0.4 is 10.2 Å². The highest BCUT2D eigenvalue weighted by Gasteiger charge is 2.23. The molecule has 0 bridgehead atoms. The molecular weight excluding hydrogens is 549 g/mol. The van der Waals surface area contributed by atoms with Gasteiger partial charge in [0.2, 0.25) is 0 Å². The minimum absolute atomic E-state index is 0.365. The Labute approximate surface area is 251 Å². The molecule has 4 aromatic carbocycles. The van der Waals surface area contributed by atoms with Crippen LogP contribution in [0.5, 0.6) is 0 Å². The van der Waals surface area contributed by atoms with Crippen LogP contribution in [-0.2, 0) is 17.9 Å². The zero-order chi connectivity index (χ0) is 29.2. The molecule has 212 valence electrons. The van der Waals surface area contributed by atoms with Crippen molar-refractivity contribution in [1.29, 1.82) is 0 Å². The van der Waals surface area contributed by atoms with Crippen molar-refractivity contribution in [3.05, 3.63) is 119 Å². The van der Waals surface area contributed by atoms with Crippen LogP contribution in [0.25, 0.3) is 11.1 Å². The molecule has 0 aliphatic rings. The van der Waals surface area contributed by atoms with Gasteiger partial charge in [-0.15, -0.1) is 11.8 Å². The molecule has 1 unspecified atom stereocenters. The molecule has 4 rings (SSSR count). The van der Waals surface area contributed by atoms with Crippen LogP contribution >= 0.6 is 23.5 Å². The molecule has 7 heteroatoms. The van der Waals surface area contributed by atoms with E-state index < -0.39 is 12.0 Å². The van der Waals surface area contributed by atoms with Crippen LogP contribution in [-0.4, -0.2) is 41.3 Å². The first-order chi connectivity index (χ1) is 19.9. The van der Waals surface area contributed by atoms with E-state index >= 15 is 0 Å². The Bertz CT molecular complexity index is 1480. The Kier molecular flexibility index (Phi) is 10.9. The van der Waals surface area contributed by atoms with Crippen LogP contribution in [0.4, 0.5) is 5.69 Å². The summed E-state index contributed by atoms with van der Waals surface area (Å²) in [5.74, 6) is -0.752. The van der Waals surface area contributed by atoms with Gasteiger partial charge in [-0.2, -0.15) is 11.8 Å². The molecule has 0 radical (unpaired) electrons. The lowest BCUT2D eigenvalue weighted by Crippen LogP contribution is -2.41. The number of hydrogen-bond acceptors (Lipinski definition) is 5. The minimum atomic E-state index is -1.02. The summed E-state index contributed by atoms with van der Waals surface area (Å²) in [4.78, 5) is 28.9. The molecule has 1 amide bonds. The summed E-state index contributed by atoms with van der Waals surface area (Å²) in [6.45, 7) is 3.40. The molecule has 41 heavy (non-hydrogen) atoms. The van der Waals surface area contributed by atoms with Gasteiger partial charge in [0, 0.05) is 29.2 Å². The van der Waals surface area contributed by atoms with Crippen LogP contribution in [0.3, 0.4) is 0 Å². The highest BCUT2D eigenvalue weighted by Crippen LogP contribution is 2.31. The third-order valence-electron chi connectivity index (χ3n) is 6.99. The number of carboxylic acids is 1. The third-order valence-corrected chi connectivity index (χ3v) is 8.36. The number of aryl methyl sites for hydroxylation is 1. The van der Waals surface area contributed by atoms with Gasteiger partial charge in [0.1, 0.15) is 6.04 Å². The molecule has 0 aliphatic carbocycles. The topological polar surface area (TPSA) is 69.6 Å². The van der Waals surface area contributed by atoms with Gasteiger partial charge in [-0.05, 0) is 89.8 Å². The second-order valence-electron chi connectivity index (χ2n) is 9.88. The van der Waals surface area contributed by atoms with E-state index in [1.165, 1.54) is 10.5 Å². The lowest BCUT2D eigenvalue weighted by Gasteiger charge is -2.26. The van der Waals surface area contributed by atoms with Gasteiger partial charge in [0.05, 0.1) is 0 Å². The highest BCUT2D eigenvalue weighted by atomic mass is 32.2. The summed E-state index contributed by atoms with van der Waals surface area (Å²) in [7, 11) is 0. The fourth-order valence-corrected chi connectivity index (χ4v) is 5.71. The number of amides is 1. The van der Waals surface area contributed by atoms with Gasteiger partial charge in [-0.25, -0.2) is 4.79 Å². The van der Waals surface area contributed by atoms with Crippen LogP contribution in [0.15, 0.2) is 102 Å². The summed E-state index contributed by atoms with van der Waals surface area (Å²) in [6.07, 6.45) is 4.37. The number of rotatable bonds is 13. The van der Waals surface area contributed by atoms with E-state index in [2.05, 4.69) is 71.1 Å². The summed E-state index contributed by atoms with van der Waals surface area (Å²) >= 11 is 3.28. The lowest BCUT2D eigenvalue weighted by atomic mass is 9.93. The van der Waals surface area contributed by atoms with Crippen molar-refractivity contribution in [3.8, 4) is 11.1 Å². The summed E-state index contributed by atoms with van der Waals surface area (Å²) in [5.41, 5.74) is 6.66. The average molecular weight is 585 g/mol. The first-order valence-corrected chi connectivity index (χ1v) is 16.2. The molecule has 4 aromatic rings. The number of anilines is 1. The van der Waals surface area contributed by atoms with Crippen molar-refractivity contribution < 1.29 is 14.7 Å². The van der Waals surface area contributed by atoms with Crippen molar-refractivity contribution in [3.63, 3.8) is 0 Å². The number of carbonyl (C=O) groups is 2. The maximum atomic E-state index is 13.5. The molecule has 5 nitrogen and oxygen atoms in total. The fourth-order valence-electron chi connectivity index (χ4n) is 4.78. The van der Waals surface area contributed by atoms with Crippen molar-refractivity contribution >= 4 is 41.1 Å². The maximum absolute atomic E-state index is 13.5. The molecule has 0 heterocycles. The standard InChI is InChI=1S/C34H36N2O3S2/c1-24-10-7-8-15-29(24)31-20-26(16-17-30(31)33(37)35-32(34(38)39)18-19-40-2)23-36(22-25-11-5-4-6-12-25)27-13-9-14-28(21-27)41-3/h4-17,20-21,32H,18-19,22-23H2,1-3H3,(H,35,37)(H,38,39). The van der Waals surface area contributed by atoms with E-state index in [9.17, 15) is 14.7 Å². The second kappa shape index (κ2) is 14.8. The molecule has 0 saturated carbocycles. The third kappa shape index (κ3) is 8.18. The number of hydrogen-bond donors (Lipinski definition) is 2. The smallest absolute Gasteiger partial charge is 0.326 e. The first kappa shape index (κ1) is 30.3. The largest absolute Gasteiger partial charge is 0.480 e. The van der Waals surface area contributed by atoms with E-state index in [1.54, 1.807) is 23.5 Å². The molecule has 1 atom stereocenters. The molecular formula is C34H36N2O3S2. The maximum Gasteiger partial charge on any atom is 0.326 e. The van der Waals surface area contributed by atoms with Crippen molar-refractivity contribution in [2.24, 2.45) is 0 Å². The Morgan fingerprint density at radius 3 is 2.27 bits per heavy atom. The van der Waals surface area contributed by atoms with Gasteiger partial charge >= 0.3 is 5.97 Å². The summed E-state index contributed by atoms with van der Waals surface area (Å²) in [6, 6.07) is 31.9. The quantitative estimate of drug-likeness (QED) is 0.158. The van der Waals surface area contributed by atoms with E-state index in [4.69, 9.17) is 0 Å². The predicted octanol–water partition coefficient (Wildman–Crippen LogP) is 7.53. The number of benzene rings is 4. The zero-order valence-corrected chi connectivity index (χ0v) is 25.3. The monoisotopic (exact) mass is 584 g/mol. The molecule has 0 aliphatic heterocycles. The zero-order valence-electron chi connectivity index (χ0n) is 23.7. The fraction of sp³-hybridized carbons (Fsp3) is 0.235. The average Bonchev–Trinajstić information content (AvgIpc) is 2.99. The number of nitrogens with zero attached hydrogens (tertiary/aromatic N) is 1. The highest BCUT2D eigenvalue weighted by molar-refractivity contribution is 7.98. The number of carboxylic acid groups (broad SMARTS) is 1. The molecule has 0 fully saturated rings. The van der Waals surface area contributed by atoms with Crippen LogP contribution in [0, 0.1) is 6.92 Å². The minimum Gasteiger partial charge on any atom is -0.480 e. The molecule has 0 spiro atoms. The molecule has 0 saturated heterocycles. The normalized spacial score (nSPS) is 11.6. The van der Waals surface area contributed by atoms with Gasteiger partial charge in [0.15, 0.2) is 0 Å². The van der Waals surface area contributed by atoms with Crippen molar-refractivity contribution in [1.82, 2.24) is 5.32 Å². The van der Waals surface area contributed by atoms with E-state index in [0.29, 0.717) is 24.3 Å². The van der Waals surface area contributed by atoms with Gasteiger partial charge in [0.25, 0.3) is 5.91 Å². The van der Waals surface area contributed by atoms with Crippen molar-refractivity contribution in [2.75, 3.05) is 23.2 Å². The number of carbonyl (C=O) groups excluding carboxylic acids is 1. The Hall–Kier alpha value is -3.68. The van der Waals surface area contributed by atoms with E-state index in [-0.39, 0.29) is 5.91 Å². The second-order valence-corrected chi connectivity index (χ2v) is 11.7. The van der Waals surface area contributed by atoms with Crippen molar-refractivity contribution in [2.45, 2.75) is 37.4 Å². The van der Waals surface area contributed by atoms with Gasteiger partial charge in [-0.3, -0.25) is 4.79 Å². The Balaban J connectivity index is 1.72. The van der Waals surface area contributed by atoms with Gasteiger partial charge in [-0.1, -0.05) is 66.7 Å². The summed E-state index contributed by atoms with van der Waals surface area (Å²) in [5, 5.41) is 12.5.